The Kier molecular flexibility index (Phi) is 3.76. The topological polar surface area (TPSA) is 115 Å². The molecule has 24 heavy (non-hydrogen) atoms. The van der Waals surface area contributed by atoms with Gasteiger partial charge >= 0.3 is 5.97 Å². The molecule has 0 amide bonds. The Hall–Kier alpha value is -3.23. The van der Waals surface area contributed by atoms with Gasteiger partial charge in [-0.1, -0.05) is 0 Å². The van der Waals surface area contributed by atoms with Gasteiger partial charge < -0.3 is 15.0 Å². The zero-order chi connectivity index (χ0) is 17.4. The van der Waals surface area contributed by atoms with Crippen LogP contribution in [0.3, 0.4) is 0 Å². The minimum atomic E-state index is -1.12. The Morgan fingerprint density at radius 1 is 1.29 bits per heavy atom. The highest BCUT2D eigenvalue weighted by Gasteiger charge is 2.15. The number of carbonyl (C=O) groups is 1. The summed E-state index contributed by atoms with van der Waals surface area (Å²) in [6.07, 6.45) is 4.15. The molecule has 0 spiro atoms. The quantitative estimate of drug-likeness (QED) is 0.735. The van der Waals surface area contributed by atoms with Gasteiger partial charge in [-0.25, -0.2) is 19.7 Å². The molecule has 0 saturated carbocycles. The van der Waals surface area contributed by atoms with Crippen LogP contribution in [-0.2, 0) is 7.05 Å². The van der Waals surface area contributed by atoms with Crippen molar-refractivity contribution in [3.8, 4) is 5.82 Å². The van der Waals surface area contributed by atoms with E-state index in [1.807, 2.05) is 13.8 Å². The molecule has 0 aromatic carbocycles. The van der Waals surface area contributed by atoms with Gasteiger partial charge in [0.05, 0.1) is 11.8 Å². The smallest absolute Gasteiger partial charge is 0.356 e. The third-order valence-corrected chi connectivity index (χ3v) is 3.38. The largest absolute Gasteiger partial charge is 0.476 e. The average molecular weight is 328 g/mol. The number of hydrogen-bond donors (Lipinski definition) is 2. The Bertz CT molecular complexity index is 989. The molecule has 9 nitrogen and oxygen atoms in total. The standard InChI is InChI=1S/C15H16N6O3/c1-8(2)18-13-12-9(16-6-20(3)14(12)22)4-11(19-13)21-5-10(15(23)24)17-7-21/h4-8H,1-3H3,(H,18,19)(H,23,24). The fourth-order valence-corrected chi connectivity index (χ4v) is 2.28. The highest BCUT2D eigenvalue weighted by Crippen LogP contribution is 2.20. The van der Waals surface area contributed by atoms with Gasteiger partial charge in [0.1, 0.15) is 23.3 Å². The SMILES string of the molecule is CC(C)Nc1nc(-n2cnc(C(=O)O)c2)cc2ncn(C)c(=O)c12. The van der Waals surface area contributed by atoms with Crippen LogP contribution in [0.1, 0.15) is 24.3 Å². The van der Waals surface area contributed by atoms with Crippen molar-refractivity contribution in [2.45, 2.75) is 19.9 Å². The Morgan fingerprint density at radius 2 is 2.04 bits per heavy atom. The molecule has 0 unspecified atom stereocenters. The number of rotatable bonds is 4. The molecule has 0 aliphatic rings. The second kappa shape index (κ2) is 5.76. The van der Waals surface area contributed by atoms with Gasteiger partial charge in [-0.3, -0.25) is 9.36 Å². The summed E-state index contributed by atoms with van der Waals surface area (Å²) >= 11 is 0. The first-order chi connectivity index (χ1) is 11.4. The molecule has 3 aromatic rings. The van der Waals surface area contributed by atoms with E-state index < -0.39 is 5.97 Å². The van der Waals surface area contributed by atoms with Crippen molar-refractivity contribution in [1.29, 1.82) is 0 Å². The van der Waals surface area contributed by atoms with E-state index >= 15 is 0 Å². The van der Waals surface area contributed by atoms with Gasteiger partial charge in [0.2, 0.25) is 0 Å². The average Bonchev–Trinajstić information content (AvgIpc) is 3.00. The Balaban J connectivity index is 2.24. The van der Waals surface area contributed by atoms with Crippen molar-refractivity contribution in [3.05, 3.63) is 41.0 Å². The zero-order valence-electron chi connectivity index (χ0n) is 13.4. The summed E-state index contributed by atoms with van der Waals surface area (Å²) in [5.74, 6) is -0.301. The van der Waals surface area contributed by atoms with Crippen LogP contribution in [-0.4, -0.2) is 41.2 Å². The van der Waals surface area contributed by atoms with Crippen LogP contribution in [0, 0.1) is 0 Å². The number of fused-ring (bicyclic) bond motifs is 1. The van der Waals surface area contributed by atoms with Gasteiger partial charge in [-0.05, 0) is 13.8 Å². The number of nitrogens with zero attached hydrogens (tertiary/aromatic N) is 5. The number of pyridine rings is 1. The number of hydrogen-bond acceptors (Lipinski definition) is 6. The van der Waals surface area contributed by atoms with Crippen LogP contribution in [0.15, 0.2) is 29.7 Å². The van der Waals surface area contributed by atoms with E-state index in [9.17, 15) is 9.59 Å². The first kappa shape index (κ1) is 15.7. The molecule has 0 aliphatic heterocycles. The van der Waals surface area contributed by atoms with Crippen molar-refractivity contribution < 1.29 is 9.90 Å². The summed E-state index contributed by atoms with van der Waals surface area (Å²) in [6, 6.07) is 1.67. The van der Waals surface area contributed by atoms with Crippen LogP contribution in [0.2, 0.25) is 0 Å². The molecule has 0 saturated heterocycles. The van der Waals surface area contributed by atoms with E-state index in [2.05, 4.69) is 20.3 Å². The molecule has 9 heteroatoms. The number of imidazole rings is 1. The number of anilines is 1. The van der Waals surface area contributed by atoms with E-state index in [0.29, 0.717) is 22.5 Å². The first-order valence-corrected chi connectivity index (χ1v) is 7.27. The summed E-state index contributed by atoms with van der Waals surface area (Å²) in [7, 11) is 1.62. The molecule has 3 rings (SSSR count). The van der Waals surface area contributed by atoms with Gasteiger partial charge in [0.25, 0.3) is 5.56 Å². The molecule has 0 atom stereocenters. The molecule has 0 bridgehead atoms. The Morgan fingerprint density at radius 3 is 2.67 bits per heavy atom. The van der Waals surface area contributed by atoms with Gasteiger partial charge in [-0.15, -0.1) is 0 Å². The van der Waals surface area contributed by atoms with Crippen LogP contribution in [0.25, 0.3) is 16.7 Å². The summed E-state index contributed by atoms with van der Waals surface area (Å²) in [6.45, 7) is 3.86. The van der Waals surface area contributed by atoms with E-state index in [-0.39, 0.29) is 17.3 Å². The monoisotopic (exact) mass is 328 g/mol. The highest BCUT2D eigenvalue weighted by molar-refractivity contribution is 5.89. The third-order valence-electron chi connectivity index (χ3n) is 3.38. The number of aryl methyl sites for hydroxylation is 1. The molecule has 0 aliphatic carbocycles. The lowest BCUT2D eigenvalue weighted by molar-refractivity contribution is 0.0691. The summed E-state index contributed by atoms with van der Waals surface area (Å²) < 4.78 is 2.86. The fourth-order valence-electron chi connectivity index (χ4n) is 2.28. The third kappa shape index (κ3) is 2.71. The molecular weight excluding hydrogens is 312 g/mol. The van der Waals surface area contributed by atoms with Gasteiger partial charge in [0.15, 0.2) is 5.69 Å². The number of aromatic carboxylic acids is 1. The fraction of sp³-hybridized carbons (Fsp3) is 0.267. The van der Waals surface area contributed by atoms with Crippen LogP contribution in [0.5, 0.6) is 0 Å². The van der Waals surface area contributed by atoms with E-state index in [1.165, 1.54) is 28.0 Å². The first-order valence-electron chi connectivity index (χ1n) is 7.27. The predicted molar refractivity (Wildman–Crippen MR) is 87.6 cm³/mol. The summed E-state index contributed by atoms with van der Waals surface area (Å²) in [4.78, 5) is 35.9. The maximum atomic E-state index is 12.4. The van der Waals surface area contributed by atoms with Crippen LogP contribution >= 0.6 is 0 Å². The van der Waals surface area contributed by atoms with Crippen molar-refractivity contribution >= 4 is 22.7 Å². The van der Waals surface area contributed by atoms with Crippen molar-refractivity contribution in [2.75, 3.05) is 5.32 Å². The maximum Gasteiger partial charge on any atom is 0.356 e. The van der Waals surface area contributed by atoms with Gasteiger partial charge in [0, 0.05) is 25.4 Å². The van der Waals surface area contributed by atoms with E-state index in [4.69, 9.17) is 5.11 Å². The lowest BCUT2D eigenvalue weighted by Crippen LogP contribution is -2.21. The van der Waals surface area contributed by atoms with Crippen molar-refractivity contribution in [3.63, 3.8) is 0 Å². The minimum Gasteiger partial charge on any atom is -0.476 e. The normalized spacial score (nSPS) is 11.2. The molecule has 3 aromatic heterocycles. The van der Waals surface area contributed by atoms with E-state index in [1.54, 1.807) is 13.1 Å². The Labute approximate surface area is 136 Å². The zero-order valence-corrected chi connectivity index (χ0v) is 13.4. The second-order valence-electron chi connectivity index (χ2n) is 5.65. The molecule has 124 valence electrons. The lowest BCUT2D eigenvalue weighted by Gasteiger charge is -2.13. The van der Waals surface area contributed by atoms with Crippen LogP contribution < -0.4 is 10.9 Å². The lowest BCUT2D eigenvalue weighted by atomic mass is 10.2. The maximum absolute atomic E-state index is 12.4. The molecule has 3 heterocycles. The molecule has 0 fully saturated rings. The number of carboxylic acid groups (broad SMARTS) is 1. The molecule has 2 N–H and O–H groups in total. The predicted octanol–water partition coefficient (Wildman–Crippen LogP) is 1.03. The molecular formula is C15H16N6O3. The number of carboxylic acids is 1. The highest BCUT2D eigenvalue weighted by atomic mass is 16.4. The molecule has 0 radical (unpaired) electrons. The van der Waals surface area contributed by atoms with Crippen LogP contribution in [0.4, 0.5) is 5.82 Å². The van der Waals surface area contributed by atoms with E-state index in [0.717, 1.165) is 0 Å². The number of aromatic nitrogens is 5. The van der Waals surface area contributed by atoms with Crippen molar-refractivity contribution in [2.24, 2.45) is 7.05 Å². The summed E-state index contributed by atoms with van der Waals surface area (Å²) in [5.41, 5.74) is 0.170. The number of nitrogens with one attached hydrogen (secondary N) is 1. The summed E-state index contributed by atoms with van der Waals surface area (Å²) in [5, 5.41) is 12.5. The van der Waals surface area contributed by atoms with Gasteiger partial charge in [-0.2, -0.15) is 0 Å². The van der Waals surface area contributed by atoms with Crippen molar-refractivity contribution in [1.82, 2.24) is 24.1 Å². The minimum absolute atomic E-state index is 0.0539. The second-order valence-corrected chi connectivity index (χ2v) is 5.65.